The van der Waals surface area contributed by atoms with Crippen LogP contribution in [-0.4, -0.2) is 40.7 Å². The van der Waals surface area contributed by atoms with Crippen LogP contribution in [0.2, 0.25) is 0 Å². The van der Waals surface area contributed by atoms with E-state index in [1.807, 2.05) is 38.1 Å². The SMILES string of the molecule is Cc1cc(C)cc(NC(=O)[C@@H]2C[C@@H](O)CN2C(=O)Oc2ccccc2)c1. The van der Waals surface area contributed by atoms with Gasteiger partial charge in [-0.3, -0.25) is 9.69 Å². The minimum absolute atomic E-state index is 0.0661. The van der Waals surface area contributed by atoms with E-state index in [9.17, 15) is 14.7 Å². The zero-order chi connectivity index (χ0) is 18.7. The molecule has 1 heterocycles. The van der Waals surface area contributed by atoms with Crippen molar-refractivity contribution in [2.75, 3.05) is 11.9 Å². The van der Waals surface area contributed by atoms with Crippen LogP contribution in [0.25, 0.3) is 0 Å². The third-order valence-electron chi connectivity index (χ3n) is 4.25. The third kappa shape index (κ3) is 4.21. The molecule has 2 aromatic carbocycles. The monoisotopic (exact) mass is 354 g/mol. The fraction of sp³-hybridized carbons (Fsp3) is 0.300. The van der Waals surface area contributed by atoms with Gasteiger partial charge in [0.15, 0.2) is 0 Å². The number of ether oxygens (including phenoxy) is 1. The first-order chi connectivity index (χ1) is 12.4. The highest BCUT2D eigenvalue weighted by atomic mass is 16.6. The van der Waals surface area contributed by atoms with E-state index in [0.29, 0.717) is 11.4 Å². The molecule has 2 N–H and O–H groups in total. The van der Waals surface area contributed by atoms with Gasteiger partial charge >= 0.3 is 6.09 Å². The average Bonchev–Trinajstić information content (AvgIpc) is 2.97. The van der Waals surface area contributed by atoms with Gasteiger partial charge in [-0.25, -0.2) is 4.79 Å². The Balaban J connectivity index is 1.72. The molecule has 1 aliphatic heterocycles. The lowest BCUT2D eigenvalue weighted by Crippen LogP contribution is -2.44. The van der Waals surface area contributed by atoms with Gasteiger partial charge in [0.25, 0.3) is 0 Å². The van der Waals surface area contributed by atoms with Gasteiger partial charge in [0.1, 0.15) is 11.8 Å². The number of aliphatic hydroxyl groups excluding tert-OH is 1. The molecule has 2 atom stereocenters. The lowest BCUT2D eigenvalue weighted by atomic mass is 10.1. The van der Waals surface area contributed by atoms with Gasteiger partial charge in [-0.05, 0) is 49.2 Å². The molecule has 136 valence electrons. The Bertz CT molecular complexity index is 786. The number of nitrogens with zero attached hydrogens (tertiary/aromatic N) is 1. The Morgan fingerprint density at radius 3 is 2.42 bits per heavy atom. The second-order valence-corrected chi connectivity index (χ2v) is 6.60. The molecule has 0 aliphatic carbocycles. The van der Waals surface area contributed by atoms with Crippen LogP contribution in [0.5, 0.6) is 5.75 Å². The Morgan fingerprint density at radius 1 is 1.12 bits per heavy atom. The number of aryl methyl sites for hydroxylation is 2. The van der Waals surface area contributed by atoms with Crippen LogP contribution >= 0.6 is 0 Å². The predicted octanol–water partition coefficient (Wildman–Crippen LogP) is 2.88. The summed E-state index contributed by atoms with van der Waals surface area (Å²) in [5.41, 5.74) is 2.74. The quantitative estimate of drug-likeness (QED) is 0.888. The smallest absolute Gasteiger partial charge is 0.410 e. The second kappa shape index (κ2) is 7.58. The molecule has 0 saturated carbocycles. The zero-order valence-corrected chi connectivity index (χ0v) is 14.8. The number of benzene rings is 2. The molecule has 2 amide bonds. The average molecular weight is 354 g/mol. The molecule has 0 radical (unpaired) electrons. The molecule has 6 nitrogen and oxygen atoms in total. The number of rotatable bonds is 3. The molecule has 1 aliphatic rings. The largest absolute Gasteiger partial charge is 0.416 e. The van der Waals surface area contributed by atoms with E-state index in [0.717, 1.165) is 11.1 Å². The number of hydrogen-bond acceptors (Lipinski definition) is 4. The molecule has 1 saturated heterocycles. The fourth-order valence-electron chi connectivity index (χ4n) is 3.18. The molecule has 0 spiro atoms. The van der Waals surface area contributed by atoms with Crippen molar-refractivity contribution in [1.82, 2.24) is 4.90 Å². The van der Waals surface area contributed by atoms with E-state index in [-0.39, 0.29) is 18.9 Å². The first-order valence-electron chi connectivity index (χ1n) is 8.53. The third-order valence-corrected chi connectivity index (χ3v) is 4.25. The number of hydrogen-bond donors (Lipinski definition) is 2. The first kappa shape index (κ1) is 17.9. The number of anilines is 1. The van der Waals surface area contributed by atoms with Crippen molar-refractivity contribution < 1.29 is 19.4 Å². The van der Waals surface area contributed by atoms with Crippen LogP contribution in [0.3, 0.4) is 0 Å². The van der Waals surface area contributed by atoms with Crippen molar-refractivity contribution in [3.05, 3.63) is 59.7 Å². The number of carbonyl (C=O) groups excluding carboxylic acids is 2. The van der Waals surface area contributed by atoms with Crippen molar-refractivity contribution in [2.45, 2.75) is 32.4 Å². The zero-order valence-electron chi connectivity index (χ0n) is 14.8. The van der Waals surface area contributed by atoms with E-state index in [2.05, 4.69) is 5.32 Å². The van der Waals surface area contributed by atoms with E-state index in [1.165, 1.54) is 4.90 Å². The molecule has 2 aromatic rings. The highest BCUT2D eigenvalue weighted by Crippen LogP contribution is 2.23. The van der Waals surface area contributed by atoms with Crippen LogP contribution in [0, 0.1) is 13.8 Å². The highest BCUT2D eigenvalue weighted by Gasteiger charge is 2.40. The number of amides is 2. The molecular formula is C20H22N2O4. The highest BCUT2D eigenvalue weighted by molar-refractivity contribution is 5.97. The number of β-amino-alcohol motifs (C(OH)–C–C–N with tert-alkyl or cyclic N) is 1. The minimum atomic E-state index is -0.776. The van der Waals surface area contributed by atoms with Crippen LogP contribution in [0.4, 0.5) is 10.5 Å². The van der Waals surface area contributed by atoms with Gasteiger partial charge in [-0.1, -0.05) is 24.3 Å². The van der Waals surface area contributed by atoms with Crippen molar-refractivity contribution in [1.29, 1.82) is 0 Å². The van der Waals surface area contributed by atoms with Gasteiger partial charge in [0, 0.05) is 12.1 Å². The molecule has 0 bridgehead atoms. The van der Waals surface area contributed by atoms with E-state index >= 15 is 0 Å². The van der Waals surface area contributed by atoms with Gasteiger partial charge < -0.3 is 15.2 Å². The second-order valence-electron chi connectivity index (χ2n) is 6.60. The van der Waals surface area contributed by atoms with Crippen LogP contribution in [0.15, 0.2) is 48.5 Å². The van der Waals surface area contributed by atoms with Gasteiger partial charge in [-0.15, -0.1) is 0 Å². The first-order valence-corrected chi connectivity index (χ1v) is 8.53. The normalized spacial score (nSPS) is 19.3. The number of carbonyl (C=O) groups is 2. The Kier molecular flexibility index (Phi) is 5.23. The van der Waals surface area contributed by atoms with Crippen LogP contribution < -0.4 is 10.1 Å². The van der Waals surface area contributed by atoms with Crippen LogP contribution in [0.1, 0.15) is 17.5 Å². The number of nitrogens with one attached hydrogen (secondary N) is 1. The predicted molar refractivity (Wildman–Crippen MR) is 98.1 cm³/mol. The standard InChI is InChI=1S/C20H22N2O4/c1-13-8-14(2)10-15(9-13)21-19(24)18-11-16(23)12-22(18)20(25)26-17-6-4-3-5-7-17/h3-10,16,18,23H,11-12H2,1-2H3,(H,21,24)/t16-,18+/m1/s1. The molecule has 3 rings (SSSR count). The summed E-state index contributed by atoms with van der Waals surface area (Å²) in [6, 6.07) is 13.6. The Morgan fingerprint density at radius 2 is 1.77 bits per heavy atom. The fourth-order valence-corrected chi connectivity index (χ4v) is 3.18. The molecule has 26 heavy (non-hydrogen) atoms. The van der Waals surface area contributed by atoms with E-state index in [1.54, 1.807) is 24.3 Å². The van der Waals surface area contributed by atoms with Gasteiger partial charge in [0.2, 0.25) is 5.91 Å². The van der Waals surface area contributed by atoms with Gasteiger partial charge in [0.05, 0.1) is 12.6 Å². The Hall–Kier alpha value is -2.86. The molecule has 6 heteroatoms. The van der Waals surface area contributed by atoms with E-state index in [4.69, 9.17) is 4.74 Å². The summed E-state index contributed by atoms with van der Waals surface area (Å²) in [7, 11) is 0. The van der Waals surface area contributed by atoms with Crippen molar-refractivity contribution in [2.24, 2.45) is 0 Å². The lowest BCUT2D eigenvalue weighted by molar-refractivity contribution is -0.119. The van der Waals surface area contributed by atoms with Crippen LogP contribution in [-0.2, 0) is 4.79 Å². The molecule has 1 fully saturated rings. The summed E-state index contributed by atoms with van der Waals surface area (Å²) < 4.78 is 5.31. The van der Waals surface area contributed by atoms with E-state index < -0.39 is 18.2 Å². The lowest BCUT2D eigenvalue weighted by Gasteiger charge is -2.23. The molecule has 0 aromatic heterocycles. The summed E-state index contributed by atoms with van der Waals surface area (Å²) in [5, 5.41) is 12.8. The van der Waals surface area contributed by atoms with Crippen molar-refractivity contribution in [3.63, 3.8) is 0 Å². The van der Waals surface area contributed by atoms with Gasteiger partial charge in [-0.2, -0.15) is 0 Å². The number of likely N-dealkylation sites (tertiary alicyclic amines) is 1. The maximum atomic E-state index is 12.7. The minimum Gasteiger partial charge on any atom is -0.410 e. The summed E-state index contributed by atoms with van der Waals surface area (Å²) in [5.74, 6) is 0.0592. The topological polar surface area (TPSA) is 78.9 Å². The maximum absolute atomic E-state index is 12.7. The van der Waals surface area contributed by atoms with Crippen molar-refractivity contribution in [3.8, 4) is 5.75 Å². The molecule has 0 unspecified atom stereocenters. The summed E-state index contributed by atoms with van der Waals surface area (Å²) in [6.07, 6.45) is -1.22. The number of aliphatic hydroxyl groups is 1. The van der Waals surface area contributed by atoms with Crippen molar-refractivity contribution >= 4 is 17.7 Å². The maximum Gasteiger partial charge on any atom is 0.416 e. The molecular weight excluding hydrogens is 332 g/mol. The summed E-state index contributed by atoms with van der Waals surface area (Å²) >= 11 is 0. The summed E-state index contributed by atoms with van der Waals surface area (Å²) in [4.78, 5) is 26.4. The number of para-hydroxylation sites is 1. The summed E-state index contributed by atoms with van der Waals surface area (Å²) in [6.45, 7) is 3.97. The Labute approximate surface area is 152 Å².